The van der Waals surface area contributed by atoms with Crippen LogP contribution >= 0.6 is 0 Å². The number of fused-ring (bicyclic) bond motifs is 1. The zero-order valence-electron chi connectivity index (χ0n) is 21.7. The van der Waals surface area contributed by atoms with Crippen LogP contribution in [0.3, 0.4) is 0 Å². The van der Waals surface area contributed by atoms with Crippen molar-refractivity contribution in [1.82, 2.24) is 15.3 Å². The zero-order valence-corrected chi connectivity index (χ0v) is 21.7. The second-order valence-electron chi connectivity index (χ2n) is 9.25. The number of carbonyl (C=O) groups is 1. The van der Waals surface area contributed by atoms with Crippen LogP contribution in [0.1, 0.15) is 27.2 Å². The molecular formula is C31H30N6O. The molecule has 7 nitrogen and oxygen atoms in total. The molecule has 0 saturated carbocycles. The first-order valence-electron chi connectivity index (χ1n) is 12.5. The van der Waals surface area contributed by atoms with Gasteiger partial charge in [-0.3, -0.25) is 14.8 Å². The molecule has 0 unspecified atom stereocenters. The van der Waals surface area contributed by atoms with Crippen LogP contribution in [0.25, 0.3) is 10.9 Å². The van der Waals surface area contributed by atoms with Crippen molar-refractivity contribution >= 4 is 45.2 Å². The van der Waals surface area contributed by atoms with Crippen LogP contribution in [0.15, 0.2) is 91.3 Å². The van der Waals surface area contributed by atoms with Crippen LogP contribution in [0.2, 0.25) is 0 Å². The fraction of sp³-hybridized carbons (Fsp3) is 0.129. The summed E-state index contributed by atoms with van der Waals surface area (Å²) >= 11 is 0. The quantitative estimate of drug-likeness (QED) is 0.189. The predicted octanol–water partition coefficient (Wildman–Crippen LogP) is 6.71. The third-order valence-corrected chi connectivity index (χ3v) is 6.19. The van der Waals surface area contributed by atoms with Gasteiger partial charge in [0, 0.05) is 64.0 Å². The van der Waals surface area contributed by atoms with E-state index < -0.39 is 0 Å². The lowest BCUT2D eigenvalue weighted by Gasteiger charge is -2.14. The van der Waals surface area contributed by atoms with Gasteiger partial charge in [0.15, 0.2) is 0 Å². The van der Waals surface area contributed by atoms with Crippen molar-refractivity contribution < 1.29 is 4.79 Å². The largest absolute Gasteiger partial charge is 0.355 e. The van der Waals surface area contributed by atoms with Crippen molar-refractivity contribution in [3.63, 3.8) is 0 Å². The van der Waals surface area contributed by atoms with Crippen molar-refractivity contribution in [2.24, 2.45) is 0 Å². The van der Waals surface area contributed by atoms with Gasteiger partial charge < -0.3 is 21.3 Å². The molecule has 0 aliphatic heterocycles. The minimum Gasteiger partial charge on any atom is -0.355 e. The molecule has 4 N–H and O–H groups in total. The lowest BCUT2D eigenvalue weighted by atomic mass is 10.0. The lowest BCUT2D eigenvalue weighted by Crippen LogP contribution is -2.12. The highest BCUT2D eigenvalue weighted by Crippen LogP contribution is 2.29. The molecule has 5 rings (SSSR count). The molecule has 3 aromatic carbocycles. The molecule has 0 aliphatic rings. The number of hydrogen-bond acceptors (Lipinski definition) is 6. The lowest BCUT2D eigenvalue weighted by molar-refractivity contribution is 0.102. The number of rotatable bonds is 8. The topological polar surface area (TPSA) is 91.0 Å². The summed E-state index contributed by atoms with van der Waals surface area (Å²) < 4.78 is 0. The van der Waals surface area contributed by atoms with Gasteiger partial charge in [-0.2, -0.15) is 0 Å². The van der Waals surface area contributed by atoms with Crippen molar-refractivity contribution in [2.75, 3.05) is 23.0 Å². The number of nitrogens with one attached hydrogen (secondary N) is 4. The van der Waals surface area contributed by atoms with Gasteiger partial charge in [-0.15, -0.1) is 0 Å². The summed E-state index contributed by atoms with van der Waals surface area (Å²) in [4.78, 5) is 21.9. The second kappa shape index (κ2) is 11.1. The predicted molar refractivity (Wildman–Crippen MR) is 156 cm³/mol. The van der Waals surface area contributed by atoms with Gasteiger partial charge in [0.25, 0.3) is 5.91 Å². The normalized spacial score (nSPS) is 10.8. The van der Waals surface area contributed by atoms with Crippen LogP contribution in [0.4, 0.5) is 28.4 Å². The van der Waals surface area contributed by atoms with Crippen LogP contribution < -0.4 is 21.3 Å². The molecule has 0 atom stereocenters. The molecule has 5 aromatic rings. The maximum Gasteiger partial charge on any atom is 0.255 e. The maximum absolute atomic E-state index is 13.1. The third kappa shape index (κ3) is 5.79. The molecule has 7 heteroatoms. The highest BCUT2D eigenvalue weighted by molar-refractivity contribution is 6.05. The highest BCUT2D eigenvalue weighted by atomic mass is 16.1. The van der Waals surface area contributed by atoms with Gasteiger partial charge >= 0.3 is 0 Å². The van der Waals surface area contributed by atoms with Crippen molar-refractivity contribution in [3.8, 4) is 0 Å². The van der Waals surface area contributed by atoms with Crippen molar-refractivity contribution in [2.45, 2.75) is 20.4 Å². The standard InChI is InChI=1S/C31H30N6O/c1-20-14-22(19-32-3)16-28-29(11-13-34-30(20)28)36-24-7-4-6-23(17-24)31(38)37-26-9-5-8-25(18-26)35-27-10-12-33-21(2)15-27/h4-18,32H,19H2,1-3H3,(H,33,35)(H,34,36)(H,37,38). The molecule has 0 bridgehead atoms. The summed E-state index contributed by atoms with van der Waals surface area (Å²) in [5.74, 6) is -0.183. The Kier molecular flexibility index (Phi) is 7.28. The first-order valence-corrected chi connectivity index (χ1v) is 12.5. The highest BCUT2D eigenvalue weighted by Gasteiger charge is 2.10. The third-order valence-electron chi connectivity index (χ3n) is 6.19. The van der Waals surface area contributed by atoms with E-state index in [2.05, 4.69) is 50.3 Å². The summed E-state index contributed by atoms with van der Waals surface area (Å²) in [5, 5.41) is 14.1. The van der Waals surface area contributed by atoms with E-state index in [9.17, 15) is 4.79 Å². The van der Waals surface area contributed by atoms with Gasteiger partial charge in [0.1, 0.15) is 0 Å². The summed E-state index contributed by atoms with van der Waals surface area (Å²) in [6.07, 6.45) is 3.57. The molecule has 2 aromatic heterocycles. The number of carbonyl (C=O) groups excluding carboxylic acids is 1. The van der Waals surface area contributed by atoms with E-state index in [4.69, 9.17) is 0 Å². The minimum atomic E-state index is -0.183. The molecule has 0 aliphatic carbocycles. The van der Waals surface area contributed by atoms with Crippen molar-refractivity contribution in [3.05, 3.63) is 114 Å². The molecule has 0 saturated heterocycles. The molecule has 1 amide bonds. The monoisotopic (exact) mass is 502 g/mol. The van der Waals surface area contributed by atoms with E-state index >= 15 is 0 Å². The van der Waals surface area contributed by atoms with E-state index in [0.717, 1.165) is 51.5 Å². The Morgan fingerprint density at radius 3 is 2.32 bits per heavy atom. The molecule has 0 fully saturated rings. The van der Waals surface area contributed by atoms with Crippen LogP contribution in [-0.2, 0) is 6.54 Å². The summed E-state index contributed by atoms with van der Waals surface area (Å²) in [7, 11) is 1.94. The van der Waals surface area contributed by atoms with Gasteiger partial charge in [-0.25, -0.2) is 0 Å². The summed E-state index contributed by atoms with van der Waals surface area (Å²) in [6.45, 7) is 4.80. The fourth-order valence-electron chi connectivity index (χ4n) is 4.48. The smallest absolute Gasteiger partial charge is 0.255 e. The second-order valence-corrected chi connectivity index (χ2v) is 9.25. The number of amides is 1. The zero-order chi connectivity index (χ0) is 26.5. The van der Waals surface area contributed by atoms with E-state index in [1.165, 1.54) is 5.56 Å². The number of anilines is 5. The molecular weight excluding hydrogens is 472 g/mol. The molecule has 0 spiro atoms. The Morgan fingerprint density at radius 2 is 1.50 bits per heavy atom. The van der Waals surface area contributed by atoms with Gasteiger partial charge in [0.2, 0.25) is 0 Å². The van der Waals surface area contributed by atoms with Gasteiger partial charge in [-0.1, -0.05) is 18.2 Å². The summed E-state index contributed by atoms with van der Waals surface area (Å²) in [5.41, 5.74) is 9.06. The number of aromatic nitrogens is 2. The van der Waals surface area contributed by atoms with E-state index in [1.54, 1.807) is 12.4 Å². The maximum atomic E-state index is 13.1. The van der Waals surface area contributed by atoms with Crippen LogP contribution in [0, 0.1) is 13.8 Å². The van der Waals surface area contributed by atoms with Gasteiger partial charge in [0.05, 0.1) is 5.52 Å². The number of hydrogen-bond donors (Lipinski definition) is 4. The van der Waals surface area contributed by atoms with E-state index in [1.807, 2.05) is 80.7 Å². The van der Waals surface area contributed by atoms with Crippen molar-refractivity contribution in [1.29, 1.82) is 0 Å². The Morgan fingerprint density at radius 1 is 0.763 bits per heavy atom. The Balaban J connectivity index is 1.34. The SMILES string of the molecule is CNCc1cc(C)c2nccc(Nc3cccc(C(=O)Nc4cccc(Nc5ccnc(C)c5)c4)c3)c2c1. The number of benzene rings is 3. The van der Waals surface area contributed by atoms with Crippen LogP contribution in [-0.4, -0.2) is 22.9 Å². The first-order chi connectivity index (χ1) is 18.5. The average molecular weight is 503 g/mol. The van der Waals surface area contributed by atoms with Gasteiger partial charge in [-0.05, 0) is 92.7 Å². The van der Waals surface area contributed by atoms with E-state index in [0.29, 0.717) is 11.3 Å². The molecule has 38 heavy (non-hydrogen) atoms. The molecule has 190 valence electrons. The summed E-state index contributed by atoms with van der Waals surface area (Å²) in [6, 6.07) is 25.3. The number of pyridine rings is 2. The Hall–Kier alpha value is -4.75. The molecule has 2 heterocycles. The Labute approximate surface area is 222 Å². The Bertz CT molecular complexity index is 1610. The average Bonchev–Trinajstić information content (AvgIpc) is 2.90. The molecule has 0 radical (unpaired) electrons. The fourth-order valence-corrected chi connectivity index (χ4v) is 4.48. The van der Waals surface area contributed by atoms with Crippen LogP contribution in [0.5, 0.6) is 0 Å². The minimum absolute atomic E-state index is 0.183. The first kappa shape index (κ1) is 24.9. The number of nitrogens with zero attached hydrogens (tertiary/aromatic N) is 2. The van der Waals surface area contributed by atoms with E-state index in [-0.39, 0.29) is 5.91 Å². The number of aryl methyl sites for hydroxylation is 2.